The van der Waals surface area contributed by atoms with E-state index >= 15 is 0 Å². The number of fused-ring (bicyclic) bond motifs is 2. The van der Waals surface area contributed by atoms with E-state index in [4.69, 9.17) is 15.6 Å². The summed E-state index contributed by atoms with van der Waals surface area (Å²) < 4.78 is 8.09. The predicted molar refractivity (Wildman–Crippen MR) is 125 cm³/mol. The van der Waals surface area contributed by atoms with Gasteiger partial charge in [-0.3, -0.25) is 4.68 Å². The molecule has 4 heterocycles. The van der Waals surface area contributed by atoms with Crippen LogP contribution >= 0.6 is 0 Å². The van der Waals surface area contributed by atoms with Crippen LogP contribution in [0.25, 0.3) is 11.4 Å². The van der Waals surface area contributed by atoms with Gasteiger partial charge >= 0.3 is 6.03 Å². The van der Waals surface area contributed by atoms with E-state index in [0.717, 1.165) is 42.9 Å². The molecule has 9 heteroatoms. The quantitative estimate of drug-likeness (QED) is 0.622. The number of rotatable bonds is 5. The average molecular weight is 448 g/mol. The number of benzene rings is 1. The lowest BCUT2D eigenvalue weighted by Crippen LogP contribution is -2.40. The number of anilines is 1. The summed E-state index contributed by atoms with van der Waals surface area (Å²) in [5.74, 6) is 0.549. The van der Waals surface area contributed by atoms with Gasteiger partial charge in [0.25, 0.3) is 5.88 Å². The summed E-state index contributed by atoms with van der Waals surface area (Å²) in [5, 5.41) is 7.70. The van der Waals surface area contributed by atoms with E-state index in [1.54, 1.807) is 6.20 Å². The molecule has 1 fully saturated rings. The van der Waals surface area contributed by atoms with Gasteiger partial charge in [-0.2, -0.15) is 5.10 Å². The van der Waals surface area contributed by atoms with Gasteiger partial charge < -0.3 is 20.7 Å². The van der Waals surface area contributed by atoms with Gasteiger partial charge in [-0.05, 0) is 38.3 Å². The molecule has 0 radical (unpaired) electrons. The first-order valence-corrected chi connectivity index (χ1v) is 11.4. The Kier molecular flexibility index (Phi) is 5.39. The second kappa shape index (κ2) is 8.38. The molecule has 0 saturated carbocycles. The largest absolute Gasteiger partial charge is 0.467 e. The zero-order chi connectivity index (χ0) is 23.0. The van der Waals surface area contributed by atoms with Crippen molar-refractivity contribution >= 4 is 11.8 Å². The van der Waals surface area contributed by atoms with E-state index in [-0.39, 0.29) is 23.4 Å². The molecule has 2 aliphatic heterocycles. The van der Waals surface area contributed by atoms with Crippen molar-refractivity contribution in [2.75, 3.05) is 25.4 Å². The number of aromatic nitrogens is 4. The van der Waals surface area contributed by atoms with Crippen molar-refractivity contribution in [3.8, 4) is 17.3 Å². The summed E-state index contributed by atoms with van der Waals surface area (Å²) in [5.41, 5.74) is 9.55. The number of likely N-dealkylation sites (tertiary alicyclic amines) is 1. The zero-order valence-corrected chi connectivity index (χ0v) is 19.0. The Bertz CT molecular complexity index is 1160. The lowest BCUT2D eigenvalue weighted by atomic mass is 9.82. The van der Waals surface area contributed by atoms with E-state index in [1.807, 2.05) is 53.8 Å². The summed E-state index contributed by atoms with van der Waals surface area (Å²) in [6.07, 6.45) is 3.34. The molecule has 33 heavy (non-hydrogen) atoms. The van der Waals surface area contributed by atoms with E-state index in [9.17, 15) is 4.79 Å². The number of amides is 2. The first-order valence-electron chi connectivity index (χ1n) is 11.4. The predicted octanol–water partition coefficient (Wildman–Crippen LogP) is 3.14. The lowest BCUT2D eigenvalue weighted by Gasteiger charge is -2.23. The Hall–Kier alpha value is -3.62. The molecule has 1 unspecified atom stereocenters. The second-order valence-electron chi connectivity index (χ2n) is 8.79. The third kappa shape index (κ3) is 3.88. The van der Waals surface area contributed by atoms with Gasteiger partial charge in [-0.25, -0.2) is 14.8 Å². The highest BCUT2D eigenvalue weighted by Crippen LogP contribution is 2.43. The van der Waals surface area contributed by atoms with Crippen LogP contribution in [0, 0.1) is 0 Å². The summed E-state index contributed by atoms with van der Waals surface area (Å²) in [6.45, 7) is 6.82. The highest BCUT2D eigenvalue weighted by Gasteiger charge is 2.47. The first-order chi connectivity index (χ1) is 16.0. The average Bonchev–Trinajstić information content (AvgIpc) is 3.53. The van der Waals surface area contributed by atoms with Crippen molar-refractivity contribution in [3.63, 3.8) is 0 Å². The maximum atomic E-state index is 12.3. The third-order valence-electron chi connectivity index (χ3n) is 6.68. The van der Waals surface area contributed by atoms with E-state index in [2.05, 4.69) is 21.4 Å². The van der Waals surface area contributed by atoms with Crippen molar-refractivity contribution in [2.45, 2.75) is 44.8 Å². The minimum atomic E-state index is -0.216. The Morgan fingerprint density at radius 1 is 1.24 bits per heavy atom. The second-order valence-corrected chi connectivity index (χ2v) is 8.79. The molecule has 0 aliphatic carbocycles. The van der Waals surface area contributed by atoms with Crippen molar-refractivity contribution in [1.82, 2.24) is 30.0 Å². The Morgan fingerprint density at radius 2 is 2.03 bits per heavy atom. The van der Waals surface area contributed by atoms with E-state index in [1.165, 1.54) is 0 Å². The van der Waals surface area contributed by atoms with Gasteiger partial charge in [0.1, 0.15) is 17.5 Å². The van der Waals surface area contributed by atoms with Gasteiger partial charge in [-0.1, -0.05) is 30.3 Å². The summed E-state index contributed by atoms with van der Waals surface area (Å²) in [6, 6.07) is 12.0. The molecule has 172 valence electrons. The molecule has 2 aliphatic rings. The molecule has 3 aromatic rings. The molecule has 1 saturated heterocycles. The summed E-state index contributed by atoms with van der Waals surface area (Å²) in [7, 11) is 0. The SMILES string of the molecule is CCNC(=O)N1CC[C@@]2(CCn3nc(-c4cnc(N)c(OC(C)c5ccccc5)n4)cc32)C1. The standard InChI is InChI=1S/C24H29N7O2/c1-3-26-23(32)30-11-9-24(15-30)10-12-31-20(24)13-18(29-31)19-14-27-21(25)22(28-19)33-16(2)17-7-5-4-6-8-17/h4-8,13-14,16H,3,9-12,15H2,1-2H3,(H2,25,27)(H,26,32)/t16?,24-/m1/s1. The summed E-state index contributed by atoms with van der Waals surface area (Å²) in [4.78, 5) is 23.2. The molecule has 5 rings (SSSR count). The number of nitrogens with zero attached hydrogens (tertiary/aromatic N) is 5. The van der Waals surface area contributed by atoms with Gasteiger partial charge in [0.05, 0.1) is 6.20 Å². The molecular weight excluding hydrogens is 418 g/mol. The van der Waals surface area contributed by atoms with Crippen molar-refractivity contribution in [2.24, 2.45) is 0 Å². The van der Waals surface area contributed by atoms with Crippen LogP contribution in [0.5, 0.6) is 5.88 Å². The minimum absolute atomic E-state index is 0.00583. The third-order valence-corrected chi connectivity index (χ3v) is 6.68. The number of nitrogen functional groups attached to an aromatic ring is 1. The minimum Gasteiger partial charge on any atom is -0.467 e. The maximum Gasteiger partial charge on any atom is 0.317 e. The van der Waals surface area contributed by atoms with Crippen LogP contribution in [0.2, 0.25) is 0 Å². The first kappa shape index (κ1) is 21.2. The van der Waals surface area contributed by atoms with E-state index < -0.39 is 0 Å². The zero-order valence-electron chi connectivity index (χ0n) is 19.0. The smallest absolute Gasteiger partial charge is 0.317 e. The van der Waals surface area contributed by atoms with Gasteiger partial charge in [0.15, 0.2) is 5.82 Å². The van der Waals surface area contributed by atoms with Crippen LogP contribution < -0.4 is 15.8 Å². The molecule has 2 aromatic heterocycles. The number of hydrogen-bond donors (Lipinski definition) is 2. The van der Waals surface area contributed by atoms with Crippen LogP contribution in [-0.2, 0) is 12.0 Å². The van der Waals surface area contributed by atoms with Crippen molar-refractivity contribution < 1.29 is 9.53 Å². The van der Waals surface area contributed by atoms with Crippen molar-refractivity contribution in [3.05, 3.63) is 53.9 Å². The van der Waals surface area contributed by atoms with Gasteiger partial charge in [0.2, 0.25) is 0 Å². The van der Waals surface area contributed by atoms with E-state index in [0.29, 0.717) is 24.7 Å². The topological polar surface area (TPSA) is 111 Å². The molecule has 9 nitrogen and oxygen atoms in total. The fourth-order valence-corrected chi connectivity index (χ4v) is 4.86. The Balaban J connectivity index is 1.38. The lowest BCUT2D eigenvalue weighted by molar-refractivity contribution is 0.206. The number of aryl methyl sites for hydroxylation is 1. The number of carbonyl (C=O) groups is 1. The van der Waals surface area contributed by atoms with Crippen LogP contribution in [0.1, 0.15) is 44.1 Å². The van der Waals surface area contributed by atoms with Crippen molar-refractivity contribution in [1.29, 1.82) is 0 Å². The van der Waals surface area contributed by atoms with Crippen LogP contribution in [0.4, 0.5) is 10.6 Å². The summed E-state index contributed by atoms with van der Waals surface area (Å²) >= 11 is 0. The number of hydrogen-bond acceptors (Lipinski definition) is 6. The molecule has 1 aromatic carbocycles. The van der Waals surface area contributed by atoms with Crippen LogP contribution in [0.15, 0.2) is 42.6 Å². The molecule has 0 bridgehead atoms. The monoisotopic (exact) mass is 447 g/mol. The molecular formula is C24H29N7O2. The number of nitrogens with one attached hydrogen (secondary N) is 1. The van der Waals surface area contributed by atoms with Gasteiger partial charge in [0, 0.05) is 37.3 Å². The maximum absolute atomic E-state index is 12.3. The van der Waals surface area contributed by atoms with Gasteiger partial charge in [-0.15, -0.1) is 0 Å². The molecule has 3 N–H and O–H groups in total. The number of carbonyl (C=O) groups excluding carboxylic acids is 1. The number of ether oxygens (including phenoxy) is 1. The highest BCUT2D eigenvalue weighted by molar-refractivity contribution is 5.74. The fourth-order valence-electron chi connectivity index (χ4n) is 4.86. The fraction of sp³-hybridized carbons (Fsp3) is 0.417. The number of nitrogens with two attached hydrogens (primary N) is 1. The Morgan fingerprint density at radius 3 is 2.82 bits per heavy atom. The van der Waals surface area contributed by atoms with Crippen LogP contribution in [0.3, 0.4) is 0 Å². The highest BCUT2D eigenvalue weighted by atomic mass is 16.5. The molecule has 2 amide bonds. The number of urea groups is 1. The molecule has 1 spiro atoms. The normalized spacial score (nSPS) is 20.1. The van der Waals surface area contributed by atoms with Crippen LogP contribution in [-0.4, -0.2) is 50.3 Å². The molecule has 2 atom stereocenters. The Labute approximate surface area is 193 Å².